The number of rotatable bonds is 1. The summed E-state index contributed by atoms with van der Waals surface area (Å²) in [6.45, 7) is 2.50. The molecule has 0 aromatic heterocycles. The smallest absolute Gasteiger partial charge is 0.0651 e. The summed E-state index contributed by atoms with van der Waals surface area (Å²) in [6, 6.07) is 0. The zero-order valence-electron chi connectivity index (χ0n) is 6.08. The molecule has 1 fully saturated rings. The molecule has 10 heavy (non-hydrogen) atoms. The van der Waals surface area contributed by atoms with Gasteiger partial charge in [0.15, 0.2) is 0 Å². The number of hydrogen-bond donors (Lipinski definition) is 1. The van der Waals surface area contributed by atoms with Crippen LogP contribution in [-0.4, -0.2) is 35.2 Å². The molecule has 0 radical (unpaired) electrons. The van der Waals surface area contributed by atoms with E-state index in [1.807, 2.05) is 0 Å². The maximum atomic E-state index is 9.13. The molecule has 1 atom stereocenters. The molecule has 1 saturated heterocycles. The van der Waals surface area contributed by atoms with Crippen molar-refractivity contribution in [3.05, 3.63) is 12.2 Å². The largest absolute Gasteiger partial charge is 0.394 e. The van der Waals surface area contributed by atoms with Crippen molar-refractivity contribution in [3.63, 3.8) is 0 Å². The summed E-state index contributed by atoms with van der Waals surface area (Å²) in [4.78, 5) is 2.35. The minimum Gasteiger partial charge on any atom is -0.394 e. The molecule has 0 amide bonds. The van der Waals surface area contributed by atoms with Crippen molar-refractivity contribution >= 4 is 0 Å². The van der Waals surface area contributed by atoms with Crippen LogP contribution in [0.5, 0.6) is 0 Å². The molecular formula is C8H13NO. The van der Waals surface area contributed by atoms with Crippen LogP contribution in [-0.2, 0) is 0 Å². The highest BCUT2D eigenvalue weighted by Gasteiger charge is 2.40. The summed E-state index contributed by atoms with van der Waals surface area (Å²) in [7, 11) is 0. The number of aliphatic hydroxyl groups excluding tert-OH is 1. The van der Waals surface area contributed by atoms with Crippen LogP contribution in [0, 0.1) is 0 Å². The zero-order chi connectivity index (χ0) is 7.03. The lowest BCUT2D eigenvalue weighted by atomic mass is 9.99. The molecule has 2 heteroatoms. The first-order chi connectivity index (χ1) is 4.87. The number of aliphatic hydroxyl groups is 1. The van der Waals surface area contributed by atoms with Crippen molar-refractivity contribution in [1.29, 1.82) is 0 Å². The van der Waals surface area contributed by atoms with E-state index in [0.29, 0.717) is 6.61 Å². The second-order valence-electron chi connectivity index (χ2n) is 3.21. The van der Waals surface area contributed by atoms with Gasteiger partial charge in [-0.2, -0.15) is 0 Å². The van der Waals surface area contributed by atoms with Crippen molar-refractivity contribution in [1.82, 2.24) is 4.90 Å². The van der Waals surface area contributed by atoms with Crippen LogP contribution in [0.25, 0.3) is 0 Å². The van der Waals surface area contributed by atoms with Gasteiger partial charge in [0.1, 0.15) is 0 Å². The van der Waals surface area contributed by atoms with Crippen LogP contribution in [0.3, 0.4) is 0 Å². The number of fused-ring (bicyclic) bond motifs is 1. The van der Waals surface area contributed by atoms with Crippen LogP contribution in [0.15, 0.2) is 12.2 Å². The van der Waals surface area contributed by atoms with Gasteiger partial charge in [0.2, 0.25) is 0 Å². The Morgan fingerprint density at radius 1 is 1.60 bits per heavy atom. The van der Waals surface area contributed by atoms with Gasteiger partial charge in [-0.15, -0.1) is 0 Å². The van der Waals surface area contributed by atoms with Crippen LogP contribution in [0.2, 0.25) is 0 Å². The summed E-state index contributed by atoms with van der Waals surface area (Å²) < 4.78 is 0. The average molecular weight is 139 g/mol. The Kier molecular flexibility index (Phi) is 1.32. The molecule has 2 rings (SSSR count). The highest BCUT2D eigenvalue weighted by molar-refractivity contribution is 5.17. The summed E-state index contributed by atoms with van der Waals surface area (Å²) in [5.74, 6) is 0. The average Bonchev–Trinajstić information content (AvgIpc) is 2.42. The predicted octanol–water partition coefficient (Wildman–Crippen LogP) is 0.383. The van der Waals surface area contributed by atoms with Crippen molar-refractivity contribution in [2.75, 3.05) is 19.7 Å². The lowest BCUT2D eigenvalue weighted by Crippen LogP contribution is -2.41. The molecule has 2 nitrogen and oxygen atoms in total. The minimum atomic E-state index is 0.0556. The Morgan fingerprint density at radius 3 is 3.20 bits per heavy atom. The van der Waals surface area contributed by atoms with Gasteiger partial charge in [0.25, 0.3) is 0 Å². The maximum Gasteiger partial charge on any atom is 0.0651 e. The molecular weight excluding hydrogens is 126 g/mol. The fourth-order valence-electron chi connectivity index (χ4n) is 2.05. The monoisotopic (exact) mass is 139 g/mol. The number of hydrogen-bond acceptors (Lipinski definition) is 2. The van der Waals surface area contributed by atoms with E-state index in [0.717, 1.165) is 19.5 Å². The molecule has 0 aromatic rings. The van der Waals surface area contributed by atoms with E-state index in [1.165, 1.54) is 6.42 Å². The van der Waals surface area contributed by atoms with Crippen LogP contribution in [0.1, 0.15) is 12.8 Å². The normalized spacial score (nSPS) is 38.9. The lowest BCUT2D eigenvalue weighted by Gasteiger charge is -2.28. The first-order valence-electron chi connectivity index (χ1n) is 3.91. The first-order valence-corrected chi connectivity index (χ1v) is 3.91. The third-order valence-corrected chi connectivity index (χ3v) is 2.70. The molecule has 2 heterocycles. The van der Waals surface area contributed by atoms with E-state index in [9.17, 15) is 0 Å². The molecule has 2 aliphatic heterocycles. The molecule has 0 bridgehead atoms. The Balaban J connectivity index is 2.23. The summed E-state index contributed by atoms with van der Waals surface area (Å²) in [5.41, 5.74) is 0.0556. The molecule has 2 aliphatic rings. The van der Waals surface area contributed by atoms with Crippen molar-refractivity contribution in [3.8, 4) is 0 Å². The van der Waals surface area contributed by atoms with E-state index in [2.05, 4.69) is 17.1 Å². The molecule has 56 valence electrons. The van der Waals surface area contributed by atoms with Crippen molar-refractivity contribution in [2.24, 2.45) is 0 Å². The third kappa shape index (κ3) is 0.662. The Labute approximate surface area is 61.1 Å². The SMILES string of the molecule is OC[C@@]12C=CCN1CCC2. The fraction of sp³-hybridized carbons (Fsp3) is 0.750. The molecule has 0 aliphatic carbocycles. The lowest BCUT2D eigenvalue weighted by molar-refractivity contribution is 0.124. The molecule has 0 unspecified atom stereocenters. The van der Waals surface area contributed by atoms with Gasteiger partial charge in [-0.25, -0.2) is 0 Å². The molecule has 0 spiro atoms. The predicted molar refractivity (Wildman–Crippen MR) is 39.8 cm³/mol. The topological polar surface area (TPSA) is 23.5 Å². The van der Waals surface area contributed by atoms with E-state index < -0.39 is 0 Å². The summed E-state index contributed by atoms with van der Waals surface area (Å²) in [6.07, 6.45) is 6.71. The highest BCUT2D eigenvalue weighted by Crippen LogP contribution is 2.33. The fourth-order valence-corrected chi connectivity index (χ4v) is 2.05. The second-order valence-corrected chi connectivity index (χ2v) is 3.21. The maximum absolute atomic E-state index is 9.13. The Hall–Kier alpha value is -0.340. The quantitative estimate of drug-likeness (QED) is 0.531. The third-order valence-electron chi connectivity index (χ3n) is 2.70. The second kappa shape index (κ2) is 2.07. The van der Waals surface area contributed by atoms with Crippen molar-refractivity contribution < 1.29 is 5.11 Å². The van der Waals surface area contributed by atoms with E-state index >= 15 is 0 Å². The molecule has 0 saturated carbocycles. The first kappa shape index (κ1) is 6.38. The van der Waals surface area contributed by atoms with E-state index in [-0.39, 0.29) is 5.54 Å². The van der Waals surface area contributed by atoms with Gasteiger partial charge >= 0.3 is 0 Å². The highest BCUT2D eigenvalue weighted by atomic mass is 16.3. The Bertz CT molecular complexity index is 167. The van der Waals surface area contributed by atoms with E-state index in [4.69, 9.17) is 5.11 Å². The van der Waals surface area contributed by atoms with Crippen LogP contribution < -0.4 is 0 Å². The molecule has 1 N–H and O–H groups in total. The number of nitrogens with zero attached hydrogens (tertiary/aromatic N) is 1. The van der Waals surface area contributed by atoms with Gasteiger partial charge in [-0.3, -0.25) is 4.90 Å². The van der Waals surface area contributed by atoms with Gasteiger partial charge < -0.3 is 5.11 Å². The summed E-state index contributed by atoms with van der Waals surface area (Å²) in [5, 5.41) is 9.13. The van der Waals surface area contributed by atoms with Gasteiger partial charge in [0.05, 0.1) is 12.1 Å². The van der Waals surface area contributed by atoms with Crippen LogP contribution in [0.4, 0.5) is 0 Å². The Morgan fingerprint density at radius 2 is 2.50 bits per heavy atom. The minimum absolute atomic E-state index is 0.0556. The zero-order valence-corrected chi connectivity index (χ0v) is 6.08. The van der Waals surface area contributed by atoms with E-state index in [1.54, 1.807) is 0 Å². The van der Waals surface area contributed by atoms with Crippen LogP contribution >= 0.6 is 0 Å². The standard InChI is InChI=1S/C8H13NO/c10-7-8-3-1-5-9(8)6-2-4-8/h1,3,10H,2,4-7H2/t8-/m0/s1. The van der Waals surface area contributed by atoms with Crippen molar-refractivity contribution in [2.45, 2.75) is 18.4 Å². The van der Waals surface area contributed by atoms with Gasteiger partial charge in [-0.05, 0) is 19.4 Å². The summed E-state index contributed by atoms with van der Waals surface area (Å²) >= 11 is 0. The molecule has 0 aromatic carbocycles. The van der Waals surface area contributed by atoms with Gasteiger partial charge in [-0.1, -0.05) is 12.2 Å². The van der Waals surface area contributed by atoms with Gasteiger partial charge in [0, 0.05) is 6.54 Å².